The van der Waals surface area contributed by atoms with Gasteiger partial charge < -0.3 is 10.4 Å². The van der Waals surface area contributed by atoms with Crippen molar-refractivity contribution in [2.45, 2.75) is 6.92 Å². The first kappa shape index (κ1) is 12.0. The van der Waals surface area contributed by atoms with Gasteiger partial charge in [0.25, 0.3) is 0 Å². The van der Waals surface area contributed by atoms with Crippen molar-refractivity contribution in [1.29, 1.82) is 0 Å². The number of pyridine rings is 1. The molecular weight excluding hydrogens is 235 g/mol. The predicted octanol–water partition coefficient (Wildman–Crippen LogP) is 2.97. The number of hydrogen-bond donors (Lipinski definition) is 2. The van der Waals surface area contributed by atoms with Crippen molar-refractivity contribution in [3.8, 4) is 0 Å². The molecule has 0 saturated carbocycles. The molecule has 0 fully saturated rings. The lowest BCUT2D eigenvalue weighted by Crippen LogP contribution is -1.99. The van der Waals surface area contributed by atoms with E-state index < -0.39 is 5.97 Å². The lowest BCUT2D eigenvalue weighted by atomic mass is 10.2. The van der Waals surface area contributed by atoms with Gasteiger partial charge in [-0.1, -0.05) is 6.07 Å². The molecule has 92 valence electrons. The van der Waals surface area contributed by atoms with Gasteiger partial charge in [-0.05, 0) is 36.8 Å². The summed E-state index contributed by atoms with van der Waals surface area (Å²) in [6.45, 7) is 1.68. The molecule has 1 aromatic heterocycles. The van der Waals surface area contributed by atoms with Crippen LogP contribution >= 0.6 is 0 Å². The van der Waals surface area contributed by atoms with Crippen LogP contribution in [0.25, 0.3) is 0 Å². The first-order valence-electron chi connectivity index (χ1n) is 5.29. The number of anilines is 2. The van der Waals surface area contributed by atoms with Crippen LogP contribution in [-0.2, 0) is 0 Å². The summed E-state index contributed by atoms with van der Waals surface area (Å²) < 4.78 is 13.3. The summed E-state index contributed by atoms with van der Waals surface area (Å²) in [6.07, 6.45) is 1.25. The van der Waals surface area contributed by atoms with Crippen LogP contribution < -0.4 is 5.32 Å². The van der Waals surface area contributed by atoms with E-state index in [4.69, 9.17) is 5.11 Å². The zero-order valence-electron chi connectivity index (χ0n) is 9.64. The number of nitrogens with zero attached hydrogens (tertiary/aromatic N) is 1. The number of aromatic carboxylic acids is 1. The fourth-order valence-corrected chi connectivity index (χ4v) is 1.41. The minimum absolute atomic E-state index is 0.107. The fraction of sp³-hybridized carbons (Fsp3) is 0.0769. The molecule has 4 nitrogen and oxygen atoms in total. The summed E-state index contributed by atoms with van der Waals surface area (Å²) in [5.41, 5.74) is 1.24. The Morgan fingerprint density at radius 2 is 2.11 bits per heavy atom. The number of aromatic nitrogens is 1. The summed E-state index contributed by atoms with van der Waals surface area (Å²) in [4.78, 5) is 14.6. The van der Waals surface area contributed by atoms with Crippen molar-refractivity contribution in [1.82, 2.24) is 4.98 Å². The molecule has 2 rings (SSSR count). The molecule has 0 aliphatic carbocycles. The highest BCUT2D eigenvalue weighted by Crippen LogP contribution is 2.17. The number of nitrogens with one attached hydrogen (secondary N) is 1. The number of aryl methyl sites for hydroxylation is 1. The molecule has 18 heavy (non-hydrogen) atoms. The monoisotopic (exact) mass is 246 g/mol. The second kappa shape index (κ2) is 4.83. The Balaban J connectivity index is 2.18. The zero-order chi connectivity index (χ0) is 13.1. The molecule has 1 heterocycles. The number of carbonyl (C=O) groups is 1. The summed E-state index contributed by atoms with van der Waals surface area (Å²) in [6, 6.07) is 7.71. The van der Waals surface area contributed by atoms with Crippen molar-refractivity contribution in [2.24, 2.45) is 0 Å². The molecule has 1 aromatic carbocycles. The second-order valence-corrected chi connectivity index (χ2v) is 3.83. The quantitative estimate of drug-likeness (QED) is 0.874. The van der Waals surface area contributed by atoms with Gasteiger partial charge in [0, 0.05) is 11.9 Å². The molecule has 2 N–H and O–H groups in total. The van der Waals surface area contributed by atoms with Gasteiger partial charge >= 0.3 is 5.97 Å². The maximum atomic E-state index is 13.3. The number of benzene rings is 1. The topological polar surface area (TPSA) is 62.2 Å². The normalized spacial score (nSPS) is 10.1. The molecular formula is C13H11FN2O2. The molecule has 0 aliphatic heterocycles. The highest BCUT2D eigenvalue weighted by molar-refractivity contribution is 5.87. The van der Waals surface area contributed by atoms with E-state index in [1.807, 2.05) is 0 Å². The molecule has 0 atom stereocenters. The molecule has 0 spiro atoms. The molecule has 5 heteroatoms. The van der Waals surface area contributed by atoms with Crippen LogP contribution in [0, 0.1) is 12.7 Å². The molecule has 0 aliphatic rings. The number of halogens is 1. The van der Waals surface area contributed by atoms with Crippen LogP contribution in [0.3, 0.4) is 0 Å². The van der Waals surface area contributed by atoms with Gasteiger partial charge in [-0.15, -0.1) is 0 Å². The molecule has 0 unspecified atom stereocenters. The Bertz CT molecular complexity index is 582. The molecule has 0 bridgehead atoms. The van der Waals surface area contributed by atoms with E-state index in [2.05, 4.69) is 10.3 Å². The maximum Gasteiger partial charge on any atom is 0.337 e. The summed E-state index contributed by atoms with van der Waals surface area (Å²) in [5, 5.41) is 11.6. The SMILES string of the molecule is Cc1ccc(Nc2ccc(C(=O)O)cn2)cc1F. The van der Waals surface area contributed by atoms with Crippen LogP contribution in [0.15, 0.2) is 36.5 Å². The number of hydrogen-bond acceptors (Lipinski definition) is 3. The van der Waals surface area contributed by atoms with Crippen LogP contribution in [0.4, 0.5) is 15.9 Å². The third-order valence-corrected chi connectivity index (χ3v) is 2.45. The van der Waals surface area contributed by atoms with Crippen molar-refractivity contribution >= 4 is 17.5 Å². The van der Waals surface area contributed by atoms with Gasteiger partial charge in [0.05, 0.1) is 5.56 Å². The fourth-order valence-electron chi connectivity index (χ4n) is 1.41. The van der Waals surface area contributed by atoms with Crippen LogP contribution in [-0.4, -0.2) is 16.1 Å². The smallest absolute Gasteiger partial charge is 0.337 e. The average molecular weight is 246 g/mol. The van der Waals surface area contributed by atoms with Crippen molar-refractivity contribution in [3.63, 3.8) is 0 Å². The van der Waals surface area contributed by atoms with Gasteiger partial charge in [0.2, 0.25) is 0 Å². The highest BCUT2D eigenvalue weighted by Gasteiger charge is 2.04. The van der Waals surface area contributed by atoms with E-state index in [0.29, 0.717) is 17.1 Å². The predicted molar refractivity (Wildman–Crippen MR) is 65.6 cm³/mol. The van der Waals surface area contributed by atoms with E-state index >= 15 is 0 Å². The second-order valence-electron chi connectivity index (χ2n) is 3.83. The highest BCUT2D eigenvalue weighted by atomic mass is 19.1. The Labute approximate surface area is 103 Å². The Morgan fingerprint density at radius 1 is 1.33 bits per heavy atom. The van der Waals surface area contributed by atoms with Gasteiger partial charge in [-0.2, -0.15) is 0 Å². The third kappa shape index (κ3) is 2.63. The number of carboxylic acids is 1. The summed E-state index contributed by atoms with van der Waals surface area (Å²) in [7, 11) is 0. The molecule has 0 radical (unpaired) electrons. The third-order valence-electron chi connectivity index (χ3n) is 2.45. The van der Waals surface area contributed by atoms with Crippen molar-refractivity contribution in [3.05, 3.63) is 53.5 Å². The van der Waals surface area contributed by atoms with Gasteiger partial charge in [-0.3, -0.25) is 0 Å². The molecule has 0 saturated heterocycles. The largest absolute Gasteiger partial charge is 0.478 e. The van der Waals surface area contributed by atoms with E-state index in [1.165, 1.54) is 24.4 Å². The minimum Gasteiger partial charge on any atom is -0.478 e. The summed E-state index contributed by atoms with van der Waals surface area (Å²) >= 11 is 0. The Hall–Kier alpha value is -2.43. The lowest BCUT2D eigenvalue weighted by Gasteiger charge is -2.06. The van der Waals surface area contributed by atoms with E-state index in [0.717, 1.165) is 0 Å². The Morgan fingerprint density at radius 3 is 2.67 bits per heavy atom. The van der Waals surface area contributed by atoms with Crippen LogP contribution in [0.2, 0.25) is 0 Å². The van der Waals surface area contributed by atoms with Gasteiger partial charge in [0.1, 0.15) is 11.6 Å². The molecule has 0 amide bonds. The molecule has 2 aromatic rings. The van der Waals surface area contributed by atoms with Crippen molar-refractivity contribution < 1.29 is 14.3 Å². The van der Waals surface area contributed by atoms with Gasteiger partial charge in [-0.25, -0.2) is 14.2 Å². The summed E-state index contributed by atoms with van der Waals surface area (Å²) in [5.74, 6) is -0.874. The first-order valence-corrected chi connectivity index (χ1v) is 5.29. The van der Waals surface area contributed by atoms with E-state index in [-0.39, 0.29) is 11.4 Å². The average Bonchev–Trinajstić information content (AvgIpc) is 2.34. The van der Waals surface area contributed by atoms with Crippen LogP contribution in [0.5, 0.6) is 0 Å². The number of rotatable bonds is 3. The van der Waals surface area contributed by atoms with Crippen molar-refractivity contribution in [2.75, 3.05) is 5.32 Å². The van der Waals surface area contributed by atoms with E-state index in [1.54, 1.807) is 19.1 Å². The Kier molecular flexibility index (Phi) is 3.23. The standard InChI is InChI=1S/C13H11FN2O2/c1-8-2-4-10(6-11(8)14)16-12-5-3-9(7-15-12)13(17)18/h2-7H,1H3,(H,15,16)(H,17,18). The minimum atomic E-state index is -1.03. The van der Waals surface area contributed by atoms with Crippen LogP contribution in [0.1, 0.15) is 15.9 Å². The number of carboxylic acid groups (broad SMARTS) is 1. The van der Waals surface area contributed by atoms with E-state index in [9.17, 15) is 9.18 Å². The maximum absolute atomic E-state index is 13.3. The zero-order valence-corrected chi connectivity index (χ0v) is 9.64. The first-order chi connectivity index (χ1) is 8.56. The lowest BCUT2D eigenvalue weighted by molar-refractivity contribution is 0.0696. The van der Waals surface area contributed by atoms with Gasteiger partial charge in [0.15, 0.2) is 0 Å².